The number of rotatable bonds is 5. The van der Waals surface area contributed by atoms with Crippen LogP contribution in [0.1, 0.15) is 20.8 Å². The molecule has 0 aliphatic carbocycles. The summed E-state index contributed by atoms with van der Waals surface area (Å²) >= 11 is 0. The maximum Gasteiger partial charge on any atom is 0.248 e. The van der Waals surface area contributed by atoms with Gasteiger partial charge >= 0.3 is 0 Å². The van der Waals surface area contributed by atoms with E-state index in [0.29, 0.717) is 0 Å². The number of pyridine rings is 1. The van der Waals surface area contributed by atoms with Gasteiger partial charge in [0.15, 0.2) is 0 Å². The zero-order chi connectivity index (χ0) is 17.4. The lowest BCUT2D eigenvalue weighted by atomic mass is 10.1. The number of anilines is 1. The molecule has 0 atom stereocenters. The van der Waals surface area contributed by atoms with E-state index >= 15 is 0 Å². The van der Waals surface area contributed by atoms with Crippen LogP contribution in [0.2, 0.25) is 0 Å². The van der Waals surface area contributed by atoms with Crippen molar-refractivity contribution in [3.05, 3.63) is 84.3 Å². The molecule has 1 N–H and O–H groups in total. The summed E-state index contributed by atoms with van der Waals surface area (Å²) in [7, 11) is 0. The smallest absolute Gasteiger partial charge is 0.248 e. The second-order valence-corrected chi connectivity index (χ2v) is 5.59. The van der Waals surface area contributed by atoms with E-state index in [4.69, 9.17) is 0 Å². The third-order valence-corrected chi connectivity index (χ3v) is 3.41. The van der Waals surface area contributed by atoms with Crippen molar-refractivity contribution in [2.75, 3.05) is 5.32 Å². The second kappa shape index (κ2) is 8.63. The van der Waals surface area contributed by atoms with Gasteiger partial charge in [0.1, 0.15) is 0 Å². The first-order chi connectivity index (χ1) is 11.6. The largest absolute Gasteiger partial charge is 0.322 e. The molecule has 2 aromatic rings. The summed E-state index contributed by atoms with van der Waals surface area (Å²) in [5.41, 5.74) is 2.83. The van der Waals surface area contributed by atoms with E-state index in [1.165, 1.54) is 0 Å². The van der Waals surface area contributed by atoms with Crippen molar-refractivity contribution in [1.29, 1.82) is 0 Å². The highest BCUT2D eigenvalue weighted by Gasteiger charge is 2.00. The molecule has 1 heterocycles. The minimum absolute atomic E-state index is 0.139. The number of fused-ring (bicyclic) bond motifs is 1. The van der Waals surface area contributed by atoms with Gasteiger partial charge in [0.2, 0.25) is 5.91 Å². The molecule has 0 aliphatic heterocycles. The van der Waals surface area contributed by atoms with Gasteiger partial charge in [-0.2, -0.15) is 0 Å². The fraction of sp³-hybridized carbons (Fsp3) is 0.143. The predicted molar refractivity (Wildman–Crippen MR) is 102 cm³/mol. The Balaban J connectivity index is 2.02. The van der Waals surface area contributed by atoms with Crippen LogP contribution in [0.3, 0.4) is 0 Å². The zero-order valence-corrected chi connectivity index (χ0v) is 14.3. The quantitative estimate of drug-likeness (QED) is 0.608. The Morgan fingerprint density at radius 1 is 1.08 bits per heavy atom. The minimum Gasteiger partial charge on any atom is -0.322 e. The molecule has 0 bridgehead atoms. The molecule has 2 rings (SSSR count). The van der Waals surface area contributed by atoms with Crippen molar-refractivity contribution in [1.82, 2.24) is 4.98 Å². The molecular weight excluding hydrogens is 296 g/mol. The number of carbonyl (C=O) groups excluding carboxylic acids is 1. The molecule has 0 saturated carbocycles. The third-order valence-electron chi connectivity index (χ3n) is 3.41. The lowest BCUT2D eigenvalue weighted by molar-refractivity contribution is -0.111. The highest BCUT2D eigenvalue weighted by atomic mass is 16.1. The number of hydrogen-bond donors (Lipinski definition) is 1. The van der Waals surface area contributed by atoms with Crippen LogP contribution in [0, 0.1) is 0 Å². The fourth-order valence-corrected chi connectivity index (χ4v) is 2.26. The van der Waals surface area contributed by atoms with Crippen molar-refractivity contribution in [3.63, 3.8) is 0 Å². The average molecular weight is 318 g/mol. The van der Waals surface area contributed by atoms with Gasteiger partial charge in [0.05, 0.1) is 0 Å². The van der Waals surface area contributed by atoms with E-state index in [1.807, 2.05) is 75.4 Å². The van der Waals surface area contributed by atoms with Crippen molar-refractivity contribution >= 4 is 22.4 Å². The summed E-state index contributed by atoms with van der Waals surface area (Å²) in [4.78, 5) is 16.2. The lowest BCUT2D eigenvalue weighted by Crippen LogP contribution is -2.08. The van der Waals surface area contributed by atoms with Gasteiger partial charge in [-0.1, -0.05) is 42.0 Å². The number of carbonyl (C=O) groups is 1. The Hall–Kier alpha value is -2.94. The van der Waals surface area contributed by atoms with Gasteiger partial charge in [-0.15, -0.1) is 0 Å². The molecule has 1 amide bonds. The van der Waals surface area contributed by atoms with E-state index in [0.717, 1.165) is 27.6 Å². The summed E-state index contributed by atoms with van der Waals surface area (Å²) in [6.45, 7) is 5.92. The van der Waals surface area contributed by atoms with Crippen molar-refractivity contribution in [3.8, 4) is 0 Å². The Kier molecular flexibility index (Phi) is 6.26. The zero-order valence-electron chi connectivity index (χ0n) is 14.3. The van der Waals surface area contributed by atoms with Crippen LogP contribution >= 0.6 is 0 Å². The predicted octanol–water partition coefficient (Wildman–Crippen LogP) is 5.20. The number of allylic oxidation sites excluding steroid dienone is 7. The molecule has 1 aromatic carbocycles. The summed E-state index contributed by atoms with van der Waals surface area (Å²) in [6.07, 6.45) is 15.0. The van der Waals surface area contributed by atoms with Crippen LogP contribution in [-0.2, 0) is 4.79 Å². The van der Waals surface area contributed by atoms with Crippen LogP contribution in [0.5, 0.6) is 0 Å². The van der Waals surface area contributed by atoms with Gasteiger partial charge in [0, 0.05) is 29.5 Å². The monoisotopic (exact) mass is 318 g/mol. The standard InChI is InChI=1S/C21H22N2O/c1-4-6-16(2)7-5-8-17(3)13-21(24)23-20-10-9-19-15-22-12-11-18(19)14-20/h4-15H,1-3H3,(H,23,24). The van der Waals surface area contributed by atoms with E-state index in [-0.39, 0.29) is 5.91 Å². The van der Waals surface area contributed by atoms with Gasteiger partial charge in [-0.3, -0.25) is 9.78 Å². The average Bonchev–Trinajstić information content (AvgIpc) is 2.54. The topological polar surface area (TPSA) is 42.0 Å². The van der Waals surface area contributed by atoms with Gasteiger partial charge in [0.25, 0.3) is 0 Å². The van der Waals surface area contributed by atoms with E-state index in [1.54, 1.807) is 18.5 Å². The van der Waals surface area contributed by atoms with E-state index in [2.05, 4.69) is 10.3 Å². The van der Waals surface area contributed by atoms with Crippen LogP contribution in [0.15, 0.2) is 84.3 Å². The first-order valence-corrected chi connectivity index (χ1v) is 7.89. The normalized spacial score (nSPS) is 13.1. The summed E-state index contributed by atoms with van der Waals surface area (Å²) in [5.74, 6) is -0.139. The lowest BCUT2D eigenvalue weighted by Gasteiger charge is -2.04. The Labute approximate surface area is 143 Å². The van der Waals surface area contributed by atoms with Gasteiger partial charge < -0.3 is 5.32 Å². The first-order valence-electron chi connectivity index (χ1n) is 7.89. The second-order valence-electron chi connectivity index (χ2n) is 5.59. The van der Waals surface area contributed by atoms with Crippen LogP contribution in [0.4, 0.5) is 5.69 Å². The molecule has 122 valence electrons. The number of nitrogens with zero attached hydrogens (tertiary/aromatic N) is 1. The summed E-state index contributed by atoms with van der Waals surface area (Å²) in [5, 5.41) is 4.99. The Morgan fingerprint density at radius 3 is 2.71 bits per heavy atom. The number of hydrogen-bond acceptors (Lipinski definition) is 2. The molecule has 0 radical (unpaired) electrons. The molecular formula is C21H22N2O. The minimum atomic E-state index is -0.139. The number of amides is 1. The maximum absolute atomic E-state index is 12.1. The molecule has 0 spiro atoms. The Morgan fingerprint density at radius 2 is 1.92 bits per heavy atom. The van der Waals surface area contributed by atoms with Gasteiger partial charge in [-0.05, 0) is 49.9 Å². The highest BCUT2D eigenvalue weighted by molar-refractivity contribution is 6.01. The van der Waals surface area contributed by atoms with Crippen LogP contribution in [0.25, 0.3) is 10.8 Å². The fourth-order valence-electron chi connectivity index (χ4n) is 2.26. The molecule has 0 saturated heterocycles. The van der Waals surface area contributed by atoms with Crippen molar-refractivity contribution < 1.29 is 4.79 Å². The molecule has 1 aromatic heterocycles. The molecule has 24 heavy (non-hydrogen) atoms. The molecule has 0 unspecified atom stereocenters. The number of aromatic nitrogens is 1. The number of benzene rings is 1. The van der Waals surface area contributed by atoms with E-state index in [9.17, 15) is 4.79 Å². The van der Waals surface area contributed by atoms with Crippen molar-refractivity contribution in [2.45, 2.75) is 20.8 Å². The van der Waals surface area contributed by atoms with Crippen molar-refractivity contribution in [2.24, 2.45) is 0 Å². The van der Waals surface area contributed by atoms with E-state index < -0.39 is 0 Å². The Bertz CT molecular complexity index is 842. The molecule has 3 nitrogen and oxygen atoms in total. The summed E-state index contributed by atoms with van der Waals surface area (Å²) in [6, 6.07) is 7.69. The maximum atomic E-state index is 12.1. The SMILES string of the molecule is CC=CC(C)=CC=CC(C)=CC(=O)Nc1ccc2cnccc2c1. The number of nitrogens with one attached hydrogen (secondary N) is 1. The first kappa shape index (κ1) is 17.4. The third kappa shape index (κ3) is 5.36. The molecule has 0 aliphatic rings. The molecule has 0 fully saturated rings. The molecule has 3 heteroatoms. The van der Waals surface area contributed by atoms with Gasteiger partial charge in [-0.25, -0.2) is 0 Å². The highest BCUT2D eigenvalue weighted by Crippen LogP contribution is 2.18. The van der Waals surface area contributed by atoms with Crippen LogP contribution in [-0.4, -0.2) is 10.9 Å². The van der Waals surface area contributed by atoms with Crippen LogP contribution < -0.4 is 5.32 Å². The summed E-state index contributed by atoms with van der Waals surface area (Å²) < 4.78 is 0.